The van der Waals surface area contributed by atoms with Crippen molar-refractivity contribution in [3.63, 3.8) is 0 Å². The molecule has 0 bridgehead atoms. The highest BCUT2D eigenvalue weighted by Gasteiger charge is 2.31. The van der Waals surface area contributed by atoms with E-state index in [0.717, 1.165) is 77.8 Å². The van der Waals surface area contributed by atoms with Gasteiger partial charge in [-0.1, -0.05) is 91.5 Å². The quantitative estimate of drug-likeness (QED) is 0.189. The molecule has 0 unspecified atom stereocenters. The second-order valence-corrected chi connectivity index (χ2v) is 12.6. The maximum atomic E-state index is 14.4. The normalized spacial score (nSPS) is 13.2. The van der Waals surface area contributed by atoms with Crippen LogP contribution in [0.1, 0.15) is 52.9 Å². The van der Waals surface area contributed by atoms with Gasteiger partial charge < -0.3 is 10.2 Å². The Labute approximate surface area is 275 Å². The molecule has 2 amide bonds. The van der Waals surface area contributed by atoms with Crippen LogP contribution in [0.3, 0.4) is 0 Å². The minimum Gasteiger partial charge on any atom is -0.359 e. The maximum Gasteiger partial charge on any atom is 0.266 e. The molecule has 1 heterocycles. The minimum atomic E-state index is -0.645. The van der Waals surface area contributed by atoms with Gasteiger partial charge in [-0.3, -0.25) is 9.59 Å². The van der Waals surface area contributed by atoms with Crippen LogP contribution < -0.4 is 5.32 Å². The monoisotopic (exact) mass is 662 g/mol. The number of hydrogen-bond acceptors (Lipinski definition) is 3. The van der Waals surface area contributed by atoms with Gasteiger partial charge in [-0.25, -0.2) is 13.2 Å². The zero-order valence-corrected chi connectivity index (χ0v) is 26.9. The number of benzene rings is 4. The van der Waals surface area contributed by atoms with Gasteiger partial charge in [0, 0.05) is 19.6 Å². The van der Waals surface area contributed by atoms with Crippen molar-refractivity contribution in [2.45, 2.75) is 51.1 Å². The fraction of sp³-hybridized carbons (Fsp3) is 0.243. The summed E-state index contributed by atoms with van der Waals surface area (Å²) in [4.78, 5) is 26.6. The third-order valence-corrected chi connectivity index (χ3v) is 9.75. The molecular weight excluding hydrogens is 629 g/mol. The van der Waals surface area contributed by atoms with E-state index in [1.165, 1.54) is 12.1 Å². The van der Waals surface area contributed by atoms with Gasteiger partial charge in [0.25, 0.3) is 5.91 Å². The average Bonchev–Trinajstić information content (AvgIpc) is 3.44. The molecule has 5 aromatic rings. The Morgan fingerprint density at radius 3 is 2.15 bits per heavy atom. The highest BCUT2D eigenvalue weighted by atomic mass is 35.5. The van der Waals surface area contributed by atoms with E-state index < -0.39 is 11.6 Å². The van der Waals surface area contributed by atoms with Crippen molar-refractivity contribution in [2.24, 2.45) is 0 Å². The lowest BCUT2D eigenvalue weighted by molar-refractivity contribution is -0.119. The molecule has 1 aromatic heterocycles. The van der Waals surface area contributed by atoms with Gasteiger partial charge in [0.2, 0.25) is 5.91 Å². The van der Waals surface area contributed by atoms with Gasteiger partial charge in [0.1, 0.15) is 22.3 Å². The standard InChI is InChI=1S/C28H23ClF3NOS.C9H11NO/c29-25-24-22(31)12-13-23(32)26(24)35-27(25)28(34)33(21-10-2-1-3-11-21)16-17-6-4-7-18(14-17)19-8-5-9-20(30)15-19;1-10-9(11)7-8-5-3-2-4-6-8/h4-9,12-15,21H,1-3,10-11,16H2;2-6H,7H2,1H3,(H,10,11). The number of hydrogen-bond donors (Lipinski definition) is 1. The molecule has 1 aliphatic carbocycles. The van der Waals surface area contributed by atoms with E-state index >= 15 is 0 Å². The second-order valence-electron chi connectivity index (χ2n) is 11.2. The Hall–Kier alpha value is -4.14. The van der Waals surface area contributed by atoms with Crippen molar-refractivity contribution in [3.05, 3.63) is 129 Å². The highest BCUT2D eigenvalue weighted by molar-refractivity contribution is 7.21. The first kappa shape index (κ1) is 33.2. The van der Waals surface area contributed by atoms with Crippen molar-refractivity contribution in [1.82, 2.24) is 10.2 Å². The molecule has 4 nitrogen and oxygen atoms in total. The van der Waals surface area contributed by atoms with Gasteiger partial charge >= 0.3 is 0 Å². The number of carbonyl (C=O) groups is 2. The Morgan fingerprint density at radius 2 is 1.48 bits per heavy atom. The fourth-order valence-corrected chi connectivity index (χ4v) is 7.21. The Kier molecular flexibility index (Phi) is 11.1. The van der Waals surface area contributed by atoms with Crippen LogP contribution in [-0.2, 0) is 17.8 Å². The lowest BCUT2D eigenvalue weighted by atomic mass is 9.93. The van der Waals surface area contributed by atoms with Crippen LogP contribution in [-0.4, -0.2) is 29.8 Å². The third-order valence-electron chi connectivity index (χ3n) is 8.08. The summed E-state index contributed by atoms with van der Waals surface area (Å²) in [5.74, 6) is -1.83. The van der Waals surface area contributed by atoms with Crippen LogP contribution in [0.4, 0.5) is 13.2 Å². The van der Waals surface area contributed by atoms with Crippen LogP contribution >= 0.6 is 22.9 Å². The Morgan fingerprint density at radius 1 is 0.826 bits per heavy atom. The van der Waals surface area contributed by atoms with E-state index in [0.29, 0.717) is 13.0 Å². The topological polar surface area (TPSA) is 49.4 Å². The number of rotatable bonds is 7. The molecule has 0 atom stereocenters. The van der Waals surface area contributed by atoms with Crippen molar-refractivity contribution in [3.8, 4) is 11.1 Å². The van der Waals surface area contributed by atoms with Crippen LogP contribution in [0.25, 0.3) is 21.2 Å². The van der Waals surface area contributed by atoms with Crippen molar-refractivity contribution >= 4 is 44.8 Å². The summed E-state index contributed by atoms with van der Waals surface area (Å²) in [5, 5.41) is 2.49. The molecule has 0 saturated heterocycles. The molecule has 1 saturated carbocycles. The predicted molar refractivity (Wildman–Crippen MR) is 180 cm³/mol. The first-order valence-electron chi connectivity index (χ1n) is 15.2. The van der Waals surface area contributed by atoms with Crippen LogP contribution in [0.15, 0.2) is 91.0 Å². The van der Waals surface area contributed by atoms with E-state index in [1.807, 2.05) is 60.7 Å². The van der Waals surface area contributed by atoms with Crippen LogP contribution in [0, 0.1) is 17.5 Å². The summed E-state index contributed by atoms with van der Waals surface area (Å²) >= 11 is 7.35. The zero-order valence-electron chi connectivity index (χ0n) is 25.4. The second kappa shape index (κ2) is 15.4. The number of likely N-dealkylation sites (N-methyl/N-ethyl adjacent to an activating group) is 1. The summed E-state index contributed by atoms with van der Waals surface area (Å²) in [6.07, 6.45) is 5.34. The van der Waals surface area contributed by atoms with Gasteiger partial charge in [-0.2, -0.15) is 0 Å². The van der Waals surface area contributed by atoms with E-state index in [2.05, 4.69) is 5.32 Å². The van der Waals surface area contributed by atoms with Crippen LogP contribution in [0.5, 0.6) is 0 Å². The van der Waals surface area contributed by atoms with Crippen molar-refractivity contribution < 1.29 is 22.8 Å². The maximum absolute atomic E-state index is 14.4. The molecule has 0 aliphatic heterocycles. The van der Waals surface area contributed by atoms with Crippen LogP contribution in [0.2, 0.25) is 5.02 Å². The molecule has 1 N–H and O–H groups in total. The smallest absolute Gasteiger partial charge is 0.266 e. The van der Waals surface area contributed by atoms with Crippen molar-refractivity contribution in [1.29, 1.82) is 0 Å². The summed E-state index contributed by atoms with van der Waals surface area (Å²) < 4.78 is 42.7. The number of fused-ring (bicyclic) bond motifs is 1. The number of halogens is 4. The fourth-order valence-electron chi connectivity index (χ4n) is 5.71. The summed E-state index contributed by atoms with van der Waals surface area (Å²) in [6.45, 7) is 0.322. The number of nitrogens with one attached hydrogen (secondary N) is 1. The Bertz CT molecular complexity index is 1820. The molecule has 4 aromatic carbocycles. The molecule has 238 valence electrons. The molecule has 1 fully saturated rings. The number of carbonyl (C=O) groups excluding carboxylic acids is 2. The third kappa shape index (κ3) is 7.98. The van der Waals surface area contributed by atoms with Gasteiger partial charge in [-0.15, -0.1) is 11.3 Å². The Balaban J connectivity index is 0.000000322. The minimum absolute atomic E-state index is 0.00467. The molecule has 1 aliphatic rings. The van der Waals surface area contributed by atoms with Crippen molar-refractivity contribution in [2.75, 3.05) is 7.05 Å². The first-order chi connectivity index (χ1) is 22.2. The number of thiophene rings is 1. The molecular formula is C37H34ClF3N2O2S. The first-order valence-corrected chi connectivity index (χ1v) is 16.4. The van der Waals surface area contributed by atoms with Gasteiger partial charge in [-0.05, 0) is 65.4 Å². The molecule has 46 heavy (non-hydrogen) atoms. The lowest BCUT2D eigenvalue weighted by Crippen LogP contribution is -2.40. The summed E-state index contributed by atoms with van der Waals surface area (Å²) in [7, 11) is 1.64. The highest BCUT2D eigenvalue weighted by Crippen LogP contribution is 2.40. The summed E-state index contributed by atoms with van der Waals surface area (Å²) in [5.41, 5.74) is 3.54. The number of amides is 2. The average molecular weight is 663 g/mol. The zero-order chi connectivity index (χ0) is 32.6. The summed E-state index contributed by atoms with van der Waals surface area (Å²) in [6, 6.07) is 25.8. The lowest BCUT2D eigenvalue weighted by Gasteiger charge is -2.34. The molecule has 6 rings (SSSR count). The number of nitrogens with zero attached hydrogens (tertiary/aromatic N) is 1. The molecule has 0 spiro atoms. The van der Waals surface area contributed by atoms with E-state index in [1.54, 1.807) is 18.0 Å². The van der Waals surface area contributed by atoms with Gasteiger partial charge in [0.05, 0.1) is 21.5 Å². The SMILES string of the molecule is CNC(=O)Cc1ccccc1.O=C(c1sc2c(F)ccc(F)c2c1Cl)N(Cc1cccc(-c2cccc(F)c2)c1)C1CCCCC1. The van der Waals surface area contributed by atoms with Gasteiger partial charge in [0.15, 0.2) is 0 Å². The largest absolute Gasteiger partial charge is 0.359 e. The van der Waals surface area contributed by atoms with E-state index in [-0.39, 0.29) is 43.7 Å². The predicted octanol–water partition coefficient (Wildman–Crippen LogP) is 9.59. The van der Waals surface area contributed by atoms with E-state index in [9.17, 15) is 22.8 Å². The molecule has 9 heteroatoms. The van der Waals surface area contributed by atoms with E-state index in [4.69, 9.17) is 11.6 Å². The molecule has 0 radical (unpaired) electrons.